The maximum absolute atomic E-state index is 10.8. The van der Waals surface area contributed by atoms with Crippen LogP contribution in [-0.4, -0.2) is 20.5 Å². The summed E-state index contributed by atoms with van der Waals surface area (Å²) in [6.45, 7) is 1.85. The molecule has 2 aromatic heterocycles. The highest BCUT2D eigenvalue weighted by Gasteiger charge is 2.09. The number of nitrogens with zero attached hydrogens (tertiary/aromatic N) is 2. The molecule has 2 rings (SSSR count). The fourth-order valence-corrected chi connectivity index (χ4v) is 1.33. The minimum absolute atomic E-state index is 0.241. The van der Waals surface area contributed by atoms with Gasteiger partial charge in [0.15, 0.2) is 5.65 Å². The van der Waals surface area contributed by atoms with Gasteiger partial charge in [-0.15, -0.1) is 0 Å². The molecule has 13 heavy (non-hydrogen) atoms. The summed E-state index contributed by atoms with van der Waals surface area (Å²) in [4.78, 5) is 14.8. The van der Waals surface area contributed by atoms with Gasteiger partial charge in [-0.05, 0) is 18.6 Å². The molecule has 2 aromatic rings. The molecule has 0 unspecified atom stereocenters. The number of imidazole rings is 1. The lowest BCUT2D eigenvalue weighted by atomic mass is 10.2. The maximum atomic E-state index is 10.8. The Bertz CT molecular complexity index is 473. The monoisotopic (exact) mass is 176 g/mol. The number of fused-ring (bicyclic) bond motifs is 1. The zero-order valence-corrected chi connectivity index (χ0v) is 7.06. The molecule has 0 aliphatic heterocycles. The van der Waals surface area contributed by atoms with E-state index in [-0.39, 0.29) is 5.56 Å². The summed E-state index contributed by atoms with van der Waals surface area (Å²) in [6.07, 6.45) is 5.16. The van der Waals surface area contributed by atoms with Crippen LogP contribution in [0.3, 0.4) is 0 Å². The van der Waals surface area contributed by atoms with Crippen LogP contribution in [0.1, 0.15) is 15.9 Å². The molecule has 0 amide bonds. The molecule has 2 heterocycles. The van der Waals surface area contributed by atoms with Crippen molar-refractivity contribution in [2.24, 2.45) is 0 Å². The number of rotatable bonds is 1. The molecule has 0 fully saturated rings. The maximum Gasteiger partial charge on any atom is 0.339 e. The van der Waals surface area contributed by atoms with Crippen LogP contribution in [-0.2, 0) is 0 Å². The van der Waals surface area contributed by atoms with Crippen molar-refractivity contribution in [1.29, 1.82) is 0 Å². The van der Waals surface area contributed by atoms with E-state index < -0.39 is 5.97 Å². The number of aromatic nitrogens is 2. The van der Waals surface area contributed by atoms with Crippen LogP contribution in [0.25, 0.3) is 5.65 Å². The van der Waals surface area contributed by atoms with E-state index in [1.807, 2.05) is 13.1 Å². The van der Waals surface area contributed by atoms with Gasteiger partial charge in [-0.2, -0.15) is 0 Å². The second kappa shape index (κ2) is 2.58. The Kier molecular flexibility index (Phi) is 1.55. The molecule has 0 atom stereocenters. The predicted molar refractivity (Wildman–Crippen MR) is 46.9 cm³/mol. The van der Waals surface area contributed by atoms with Crippen LogP contribution in [0.4, 0.5) is 0 Å². The summed E-state index contributed by atoms with van der Waals surface area (Å²) >= 11 is 0. The summed E-state index contributed by atoms with van der Waals surface area (Å²) in [6, 6.07) is 1.62. The summed E-state index contributed by atoms with van der Waals surface area (Å²) in [5, 5.41) is 8.87. The molecule has 0 radical (unpaired) electrons. The second-order valence-electron chi connectivity index (χ2n) is 2.89. The number of pyridine rings is 1. The van der Waals surface area contributed by atoms with Gasteiger partial charge in [0, 0.05) is 18.6 Å². The topological polar surface area (TPSA) is 54.6 Å². The lowest BCUT2D eigenvalue weighted by Gasteiger charge is -2.00. The standard InChI is InChI=1S/C9H8N2O2/c1-6-4-7(9(12)13)8-10-2-3-11(8)5-6/h2-5H,1H3,(H,12,13). The van der Waals surface area contributed by atoms with Crippen molar-refractivity contribution in [3.63, 3.8) is 0 Å². The van der Waals surface area contributed by atoms with E-state index >= 15 is 0 Å². The fourth-order valence-electron chi connectivity index (χ4n) is 1.33. The number of carbonyl (C=O) groups is 1. The highest BCUT2D eigenvalue weighted by atomic mass is 16.4. The Hall–Kier alpha value is -1.84. The first-order valence-electron chi connectivity index (χ1n) is 3.85. The van der Waals surface area contributed by atoms with Crippen molar-refractivity contribution in [1.82, 2.24) is 9.38 Å². The summed E-state index contributed by atoms with van der Waals surface area (Å²) in [5.41, 5.74) is 1.63. The first-order valence-corrected chi connectivity index (χ1v) is 3.85. The SMILES string of the molecule is Cc1cc(C(=O)O)c2nccn2c1. The highest BCUT2D eigenvalue weighted by Crippen LogP contribution is 2.11. The summed E-state index contributed by atoms with van der Waals surface area (Å²) in [5.74, 6) is -0.945. The predicted octanol–water partition coefficient (Wildman–Crippen LogP) is 1.34. The van der Waals surface area contributed by atoms with E-state index in [2.05, 4.69) is 4.98 Å². The average molecular weight is 176 g/mol. The zero-order chi connectivity index (χ0) is 9.42. The van der Waals surface area contributed by atoms with Gasteiger partial charge in [0.05, 0.1) is 0 Å². The van der Waals surface area contributed by atoms with Gasteiger partial charge < -0.3 is 9.51 Å². The van der Waals surface area contributed by atoms with Crippen molar-refractivity contribution in [3.8, 4) is 0 Å². The van der Waals surface area contributed by atoms with Gasteiger partial charge in [0.2, 0.25) is 0 Å². The molecule has 0 saturated heterocycles. The molecule has 4 nitrogen and oxygen atoms in total. The smallest absolute Gasteiger partial charge is 0.339 e. The number of aromatic carboxylic acids is 1. The minimum atomic E-state index is -0.945. The molecule has 0 saturated carbocycles. The Morgan fingerprint density at radius 3 is 3.08 bits per heavy atom. The van der Waals surface area contributed by atoms with Crippen molar-refractivity contribution in [2.75, 3.05) is 0 Å². The molecule has 0 aromatic carbocycles. The lowest BCUT2D eigenvalue weighted by molar-refractivity contribution is 0.0698. The van der Waals surface area contributed by atoms with Crippen LogP contribution < -0.4 is 0 Å². The van der Waals surface area contributed by atoms with E-state index in [1.165, 1.54) is 0 Å². The summed E-state index contributed by atoms with van der Waals surface area (Å²) < 4.78 is 1.71. The molecular weight excluding hydrogens is 168 g/mol. The number of hydrogen-bond acceptors (Lipinski definition) is 2. The molecule has 0 aliphatic carbocycles. The third kappa shape index (κ3) is 1.16. The second-order valence-corrected chi connectivity index (χ2v) is 2.89. The quantitative estimate of drug-likeness (QED) is 0.713. The Balaban J connectivity index is 2.84. The van der Waals surface area contributed by atoms with Crippen LogP contribution in [0.2, 0.25) is 0 Å². The largest absolute Gasteiger partial charge is 0.478 e. The van der Waals surface area contributed by atoms with Crippen LogP contribution in [0.5, 0.6) is 0 Å². The van der Waals surface area contributed by atoms with Gasteiger partial charge in [0.25, 0.3) is 0 Å². The van der Waals surface area contributed by atoms with Gasteiger partial charge in [0.1, 0.15) is 5.56 Å². The van der Waals surface area contributed by atoms with E-state index in [9.17, 15) is 4.79 Å². The van der Waals surface area contributed by atoms with Crippen LogP contribution in [0.15, 0.2) is 24.7 Å². The zero-order valence-electron chi connectivity index (χ0n) is 7.06. The van der Waals surface area contributed by atoms with Gasteiger partial charge in [-0.1, -0.05) is 0 Å². The number of carboxylic acid groups (broad SMARTS) is 1. The van der Waals surface area contributed by atoms with E-state index in [4.69, 9.17) is 5.11 Å². The third-order valence-electron chi connectivity index (χ3n) is 1.85. The van der Waals surface area contributed by atoms with Crippen molar-refractivity contribution in [2.45, 2.75) is 6.92 Å². The molecule has 66 valence electrons. The van der Waals surface area contributed by atoms with Crippen LogP contribution in [0, 0.1) is 6.92 Å². The van der Waals surface area contributed by atoms with Crippen LogP contribution >= 0.6 is 0 Å². The number of carboxylic acids is 1. The molecular formula is C9H8N2O2. The highest BCUT2D eigenvalue weighted by molar-refractivity contribution is 5.94. The number of hydrogen-bond donors (Lipinski definition) is 1. The molecule has 0 aliphatic rings. The van der Waals surface area contributed by atoms with Crippen molar-refractivity contribution >= 4 is 11.6 Å². The van der Waals surface area contributed by atoms with Gasteiger partial charge in [-0.25, -0.2) is 9.78 Å². The Labute approximate surface area is 74.5 Å². The van der Waals surface area contributed by atoms with Crippen molar-refractivity contribution < 1.29 is 9.90 Å². The Morgan fingerprint density at radius 2 is 2.38 bits per heavy atom. The normalized spacial score (nSPS) is 10.5. The first-order chi connectivity index (χ1) is 6.18. The lowest BCUT2D eigenvalue weighted by Crippen LogP contribution is -2.01. The van der Waals surface area contributed by atoms with E-state index in [1.54, 1.807) is 22.9 Å². The van der Waals surface area contributed by atoms with E-state index in [0.717, 1.165) is 5.56 Å². The number of aryl methyl sites for hydroxylation is 1. The molecule has 0 bridgehead atoms. The Morgan fingerprint density at radius 1 is 1.62 bits per heavy atom. The molecule has 0 spiro atoms. The summed E-state index contributed by atoms with van der Waals surface area (Å²) in [7, 11) is 0. The van der Waals surface area contributed by atoms with E-state index in [0.29, 0.717) is 5.65 Å². The van der Waals surface area contributed by atoms with Gasteiger partial charge in [-0.3, -0.25) is 0 Å². The van der Waals surface area contributed by atoms with Gasteiger partial charge >= 0.3 is 5.97 Å². The fraction of sp³-hybridized carbons (Fsp3) is 0.111. The molecule has 4 heteroatoms. The third-order valence-corrected chi connectivity index (χ3v) is 1.85. The minimum Gasteiger partial charge on any atom is -0.478 e. The molecule has 1 N–H and O–H groups in total. The average Bonchev–Trinajstić information content (AvgIpc) is 2.49. The van der Waals surface area contributed by atoms with Crippen molar-refractivity contribution in [3.05, 3.63) is 35.8 Å². The first kappa shape index (κ1) is 7.79.